The highest BCUT2D eigenvalue weighted by Gasteiger charge is 2.24. The number of nitrogens with zero attached hydrogens (tertiary/aromatic N) is 1. The first kappa shape index (κ1) is 15.8. The van der Waals surface area contributed by atoms with Crippen LogP contribution in [0.2, 0.25) is 0 Å². The maximum atomic E-state index is 13.9. The predicted octanol–water partition coefficient (Wildman–Crippen LogP) is 3.62. The molecule has 1 aliphatic carbocycles. The Balaban J connectivity index is 1.63. The molecule has 0 radical (unpaired) electrons. The van der Waals surface area contributed by atoms with Crippen molar-refractivity contribution in [3.8, 4) is 5.75 Å². The lowest BCUT2D eigenvalue weighted by atomic mass is 9.85. The van der Waals surface area contributed by atoms with E-state index in [1.165, 1.54) is 32.8 Å². The van der Waals surface area contributed by atoms with Crippen molar-refractivity contribution < 1.29 is 13.9 Å². The predicted molar refractivity (Wildman–Crippen MR) is 84.5 cm³/mol. The Hall–Kier alpha value is -1.13. The molecule has 3 rings (SSSR count). The minimum Gasteiger partial charge on any atom is -0.494 e. The largest absolute Gasteiger partial charge is 0.494 e. The standard InChI is InChI=1S/C18H26FNO2/c1-21-18-8-7-15(10-17(18)19)12-20(11-14-4-2-5-14)13-16-6-3-9-22-16/h7-8,10,14,16H,2-6,9,11-13H2,1H3. The van der Waals surface area contributed by atoms with E-state index in [0.717, 1.165) is 44.1 Å². The van der Waals surface area contributed by atoms with Crippen LogP contribution in [0.1, 0.15) is 37.7 Å². The van der Waals surface area contributed by atoms with Gasteiger partial charge in [-0.2, -0.15) is 0 Å². The fourth-order valence-corrected chi connectivity index (χ4v) is 3.39. The zero-order valence-electron chi connectivity index (χ0n) is 13.4. The summed E-state index contributed by atoms with van der Waals surface area (Å²) in [6, 6.07) is 5.28. The van der Waals surface area contributed by atoms with Crippen LogP contribution >= 0.6 is 0 Å². The molecule has 1 atom stereocenters. The summed E-state index contributed by atoms with van der Waals surface area (Å²) in [5.74, 6) is 0.846. The Morgan fingerprint density at radius 1 is 1.23 bits per heavy atom. The maximum Gasteiger partial charge on any atom is 0.165 e. The van der Waals surface area contributed by atoms with Crippen LogP contribution in [0.3, 0.4) is 0 Å². The fourth-order valence-electron chi connectivity index (χ4n) is 3.39. The summed E-state index contributed by atoms with van der Waals surface area (Å²) in [7, 11) is 1.50. The number of hydrogen-bond acceptors (Lipinski definition) is 3. The number of benzene rings is 1. The second-order valence-electron chi connectivity index (χ2n) is 6.59. The smallest absolute Gasteiger partial charge is 0.165 e. The third kappa shape index (κ3) is 3.99. The van der Waals surface area contributed by atoms with Gasteiger partial charge in [-0.25, -0.2) is 4.39 Å². The zero-order chi connectivity index (χ0) is 15.4. The van der Waals surface area contributed by atoms with Crippen LogP contribution in [0, 0.1) is 11.7 Å². The molecule has 3 nitrogen and oxygen atoms in total. The van der Waals surface area contributed by atoms with Crippen molar-refractivity contribution in [3.63, 3.8) is 0 Å². The number of methoxy groups -OCH3 is 1. The van der Waals surface area contributed by atoms with E-state index in [1.54, 1.807) is 12.1 Å². The van der Waals surface area contributed by atoms with Gasteiger partial charge in [0.15, 0.2) is 11.6 Å². The van der Waals surface area contributed by atoms with Gasteiger partial charge >= 0.3 is 0 Å². The molecule has 2 fully saturated rings. The molecule has 1 unspecified atom stereocenters. The highest BCUT2D eigenvalue weighted by atomic mass is 19.1. The van der Waals surface area contributed by atoms with Crippen molar-refractivity contribution in [2.24, 2.45) is 5.92 Å². The Bertz CT molecular complexity index is 484. The summed E-state index contributed by atoms with van der Waals surface area (Å²) in [6.07, 6.45) is 6.69. The molecule has 1 heterocycles. The van der Waals surface area contributed by atoms with E-state index in [4.69, 9.17) is 9.47 Å². The second-order valence-corrected chi connectivity index (χ2v) is 6.59. The topological polar surface area (TPSA) is 21.7 Å². The van der Waals surface area contributed by atoms with Gasteiger partial charge < -0.3 is 9.47 Å². The third-order valence-corrected chi connectivity index (χ3v) is 4.85. The molecule has 122 valence electrons. The van der Waals surface area contributed by atoms with Gasteiger partial charge in [-0.1, -0.05) is 12.5 Å². The van der Waals surface area contributed by atoms with Gasteiger partial charge in [0.1, 0.15) is 0 Å². The minimum atomic E-state index is -0.277. The van der Waals surface area contributed by atoms with Gasteiger partial charge in [0, 0.05) is 26.2 Å². The Morgan fingerprint density at radius 3 is 2.68 bits per heavy atom. The molecule has 2 aliphatic rings. The van der Waals surface area contributed by atoms with Gasteiger partial charge in [0.05, 0.1) is 13.2 Å². The van der Waals surface area contributed by atoms with E-state index in [1.807, 2.05) is 6.07 Å². The molecule has 0 amide bonds. The summed E-state index contributed by atoms with van der Waals surface area (Å²) >= 11 is 0. The average molecular weight is 307 g/mol. The lowest BCUT2D eigenvalue weighted by Gasteiger charge is -2.33. The molecule has 4 heteroatoms. The summed E-state index contributed by atoms with van der Waals surface area (Å²) in [6.45, 7) is 3.74. The molecule has 1 aromatic rings. The SMILES string of the molecule is COc1ccc(CN(CC2CCC2)CC2CCCO2)cc1F. The molecule has 1 aromatic carbocycles. The van der Waals surface area contributed by atoms with Crippen LogP contribution in [0.25, 0.3) is 0 Å². The molecule has 1 aliphatic heterocycles. The quantitative estimate of drug-likeness (QED) is 0.768. The van der Waals surface area contributed by atoms with Crippen LogP contribution in [0.15, 0.2) is 18.2 Å². The Morgan fingerprint density at radius 2 is 2.09 bits per heavy atom. The van der Waals surface area contributed by atoms with Gasteiger partial charge in [0.25, 0.3) is 0 Å². The van der Waals surface area contributed by atoms with Gasteiger partial charge in [0.2, 0.25) is 0 Å². The van der Waals surface area contributed by atoms with Crippen molar-refractivity contribution >= 4 is 0 Å². The monoisotopic (exact) mass is 307 g/mol. The molecule has 0 spiro atoms. The summed E-state index contributed by atoms with van der Waals surface area (Å²) in [5, 5.41) is 0. The molecule has 0 N–H and O–H groups in total. The lowest BCUT2D eigenvalue weighted by Crippen LogP contribution is -2.37. The van der Waals surface area contributed by atoms with E-state index >= 15 is 0 Å². The average Bonchev–Trinajstić information content (AvgIpc) is 2.96. The summed E-state index contributed by atoms with van der Waals surface area (Å²) in [4.78, 5) is 2.45. The first-order chi connectivity index (χ1) is 10.7. The second kappa shape index (κ2) is 7.42. The van der Waals surface area contributed by atoms with Crippen LogP contribution in [0.5, 0.6) is 5.75 Å². The Labute approximate surface area is 132 Å². The maximum absolute atomic E-state index is 13.9. The van der Waals surface area contributed by atoms with Crippen molar-refractivity contribution in [3.05, 3.63) is 29.6 Å². The van der Waals surface area contributed by atoms with E-state index < -0.39 is 0 Å². The summed E-state index contributed by atoms with van der Waals surface area (Å²) < 4.78 is 24.7. The zero-order valence-corrected chi connectivity index (χ0v) is 13.4. The van der Waals surface area contributed by atoms with Crippen LogP contribution in [-0.2, 0) is 11.3 Å². The van der Waals surface area contributed by atoms with E-state index in [0.29, 0.717) is 11.9 Å². The summed E-state index contributed by atoms with van der Waals surface area (Å²) in [5.41, 5.74) is 1.01. The van der Waals surface area contributed by atoms with Gasteiger partial charge in [-0.3, -0.25) is 4.90 Å². The van der Waals surface area contributed by atoms with Crippen molar-refractivity contribution in [1.29, 1.82) is 0 Å². The van der Waals surface area contributed by atoms with E-state index in [-0.39, 0.29) is 5.82 Å². The number of ether oxygens (including phenoxy) is 2. The molecule has 1 saturated carbocycles. The number of halogens is 1. The van der Waals surface area contributed by atoms with Gasteiger partial charge in [-0.15, -0.1) is 0 Å². The lowest BCUT2D eigenvalue weighted by molar-refractivity contribution is 0.0580. The minimum absolute atomic E-state index is 0.277. The van der Waals surface area contributed by atoms with Crippen molar-refractivity contribution in [1.82, 2.24) is 4.90 Å². The highest BCUT2D eigenvalue weighted by molar-refractivity contribution is 5.29. The first-order valence-electron chi connectivity index (χ1n) is 8.41. The first-order valence-corrected chi connectivity index (χ1v) is 8.41. The molecular formula is C18H26FNO2. The molecule has 1 saturated heterocycles. The Kier molecular flexibility index (Phi) is 5.32. The molecule has 22 heavy (non-hydrogen) atoms. The van der Waals surface area contributed by atoms with E-state index in [9.17, 15) is 4.39 Å². The van der Waals surface area contributed by atoms with Crippen LogP contribution < -0.4 is 4.74 Å². The number of rotatable bonds is 7. The van der Waals surface area contributed by atoms with Crippen LogP contribution in [-0.4, -0.2) is 37.8 Å². The van der Waals surface area contributed by atoms with Gasteiger partial charge in [-0.05, 0) is 49.3 Å². The normalized spacial score (nSPS) is 22.0. The molecule has 0 bridgehead atoms. The van der Waals surface area contributed by atoms with Crippen molar-refractivity contribution in [2.75, 3.05) is 26.8 Å². The van der Waals surface area contributed by atoms with E-state index in [2.05, 4.69) is 4.90 Å². The molecular weight excluding hydrogens is 281 g/mol. The fraction of sp³-hybridized carbons (Fsp3) is 0.667. The molecule has 0 aromatic heterocycles. The van der Waals surface area contributed by atoms with Crippen molar-refractivity contribution in [2.45, 2.75) is 44.8 Å². The van der Waals surface area contributed by atoms with Crippen LogP contribution in [0.4, 0.5) is 4.39 Å². The number of hydrogen-bond donors (Lipinski definition) is 0. The third-order valence-electron chi connectivity index (χ3n) is 4.85. The highest BCUT2D eigenvalue weighted by Crippen LogP contribution is 2.28.